The third-order valence-corrected chi connectivity index (χ3v) is 5.83. The molecule has 0 bridgehead atoms. The first-order valence-corrected chi connectivity index (χ1v) is 10.2. The van der Waals surface area contributed by atoms with Crippen LogP contribution in [0.2, 0.25) is 0 Å². The summed E-state index contributed by atoms with van der Waals surface area (Å²) in [6.07, 6.45) is 8.14. The SMILES string of the molecule is CC1CCN(c2ccc(-c3noc(C(=O)NC4CCCCC4)n3)cc2)CC1. The number of anilines is 1. The maximum atomic E-state index is 12.3. The Morgan fingerprint density at radius 1 is 1.07 bits per heavy atom. The monoisotopic (exact) mass is 368 g/mol. The molecule has 1 aliphatic carbocycles. The van der Waals surface area contributed by atoms with E-state index in [0.29, 0.717) is 5.82 Å². The summed E-state index contributed by atoms with van der Waals surface area (Å²) in [5, 5.41) is 7.01. The number of hydrogen-bond donors (Lipinski definition) is 1. The molecule has 27 heavy (non-hydrogen) atoms. The summed E-state index contributed by atoms with van der Waals surface area (Å²) in [5.41, 5.74) is 2.09. The fraction of sp³-hybridized carbons (Fsp3) is 0.571. The molecule has 1 saturated carbocycles. The van der Waals surface area contributed by atoms with Crippen molar-refractivity contribution in [1.29, 1.82) is 0 Å². The number of amides is 1. The number of nitrogens with one attached hydrogen (secondary N) is 1. The normalized spacial score (nSPS) is 19.2. The van der Waals surface area contributed by atoms with E-state index in [2.05, 4.69) is 39.4 Å². The number of aromatic nitrogens is 2. The Kier molecular flexibility index (Phi) is 5.41. The molecule has 1 amide bonds. The molecule has 2 aliphatic rings. The predicted octanol–water partition coefficient (Wildman–Crippen LogP) is 4.04. The zero-order chi connectivity index (χ0) is 18.6. The zero-order valence-corrected chi connectivity index (χ0v) is 16.0. The van der Waals surface area contributed by atoms with E-state index in [9.17, 15) is 4.79 Å². The van der Waals surface area contributed by atoms with E-state index in [1.807, 2.05) is 12.1 Å². The van der Waals surface area contributed by atoms with Gasteiger partial charge >= 0.3 is 11.8 Å². The van der Waals surface area contributed by atoms with E-state index in [0.717, 1.165) is 37.4 Å². The molecule has 2 heterocycles. The topological polar surface area (TPSA) is 71.3 Å². The molecule has 6 heteroatoms. The maximum absolute atomic E-state index is 12.3. The van der Waals surface area contributed by atoms with Gasteiger partial charge in [0.25, 0.3) is 0 Å². The van der Waals surface area contributed by atoms with Crippen LogP contribution in [0.25, 0.3) is 11.4 Å². The molecule has 6 nitrogen and oxygen atoms in total. The Morgan fingerprint density at radius 2 is 1.78 bits per heavy atom. The Bertz CT molecular complexity index is 757. The highest BCUT2D eigenvalue weighted by Gasteiger charge is 2.21. The van der Waals surface area contributed by atoms with Gasteiger partial charge < -0.3 is 14.7 Å². The second-order valence-electron chi connectivity index (χ2n) is 7.95. The molecule has 2 fully saturated rings. The van der Waals surface area contributed by atoms with Crippen molar-refractivity contribution in [2.24, 2.45) is 5.92 Å². The molecule has 0 unspecified atom stereocenters. The summed E-state index contributed by atoms with van der Waals surface area (Å²) in [4.78, 5) is 19.0. The lowest BCUT2D eigenvalue weighted by atomic mass is 9.95. The first-order valence-electron chi connectivity index (χ1n) is 10.2. The first kappa shape index (κ1) is 18.0. The standard InChI is InChI=1S/C21H28N4O2/c1-15-11-13-25(14-12-15)18-9-7-16(8-10-18)19-23-21(27-24-19)20(26)22-17-5-3-2-4-6-17/h7-10,15,17H,2-6,11-14H2,1H3,(H,22,26). The molecular weight excluding hydrogens is 340 g/mol. The number of benzene rings is 1. The van der Waals surface area contributed by atoms with Crippen molar-refractivity contribution < 1.29 is 9.32 Å². The van der Waals surface area contributed by atoms with Gasteiger partial charge in [-0.2, -0.15) is 4.98 Å². The highest BCUT2D eigenvalue weighted by molar-refractivity contribution is 5.90. The van der Waals surface area contributed by atoms with Crippen molar-refractivity contribution in [2.45, 2.75) is 57.9 Å². The smallest absolute Gasteiger partial charge is 0.316 e. The van der Waals surface area contributed by atoms with Gasteiger partial charge in [-0.3, -0.25) is 4.79 Å². The van der Waals surface area contributed by atoms with Crippen molar-refractivity contribution in [3.05, 3.63) is 30.2 Å². The Balaban J connectivity index is 1.39. The minimum Gasteiger partial charge on any atom is -0.372 e. The number of nitrogens with zero attached hydrogens (tertiary/aromatic N) is 3. The fourth-order valence-electron chi connectivity index (χ4n) is 4.02. The van der Waals surface area contributed by atoms with Crippen LogP contribution in [0.1, 0.15) is 62.6 Å². The Labute approximate surface area is 160 Å². The van der Waals surface area contributed by atoms with Gasteiger partial charge in [0.05, 0.1) is 0 Å². The average Bonchev–Trinajstić information content (AvgIpc) is 3.20. The van der Waals surface area contributed by atoms with Crippen LogP contribution in [0, 0.1) is 5.92 Å². The summed E-state index contributed by atoms with van der Waals surface area (Å²) in [6, 6.07) is 8.43. The predicted molar refractivity (Wildman–Crippen MR) is 105 cm³/mol. The molecule has 4 rings (SSSR count). The lowest BCUT2D eigenvalue weighted by Gasteiger charge is -2.32. The van der Waals surface area contributed by atoms with Crippen molar-refractivity contribution in [3.8, 4) is 11.4 Å². The summed E-state index contributed by atoms with van der Waals surface area (Å²) in [6.45, 7) is 4.53. The van der Waals surface area contributed by atoms with Crippen LogP contribution < -0.4 is 10.2 Å². The summed E-state index contributed by atoms with van der Waals surface area (Å²) in [5.74, 6) is 1.06. The van der Waals surface area contributed by atoms with Gasteiger partial charge in [0, 0.05) is 30.4 Å². The van der Waals surface area contributed by atoms with Crippen molar-refractivity contribution in [2.75, 3.05) is 18.0 Å². The second-order valence-corrected chi connectivity index (χ2v) is 7.95. The third kappa shape index (κ3) is 4.31. The van der Waals surface area contributed by atoms with Gasteiger partial charge in [0.1, 0.15) is 0 Å². The van der Waals surface area contributed by atoms with Gasteiger partial charge in [0.2, 0.25) is 5.82 Å². The summed E-state index contributed by atoms with van der Waals surface area (Å²) in [7, 11) is 0. The number of hydrogen-bond acceptors (Lipinski definition) is 5. The molecule has 0 atom stereocenters. The van der Waals surface area contributed by atoms with E-state index in [-0.39, 0.29) is 17.8 Å². The number of rotatable bonds is 4. The molecule has 144 valence electrons. The van der Waals surface area contributed by atoms with Gasteiger partial charge in [-0.15, -0.1) is 0 Å². The lowest BCUT2D eigenvalue weighted by molar-refractivity contribution is 0.0883. The van der Waals surface area contributed by atoms with Crippen LogP contribution in [0.5, 0.6) is 0 Å². The van der Waals surface area contributed by atoms with Crippen LogP contribution >= 0.6 is 0 Å². The molecule has 2 aromatic rings. The molecule has 1 N–H and O–H groups in total. The zero-order valence-electron chi connectivity index (χ0n) is 16.0. The van der Waals surface area contributed by atoms with Gasteiger partial charge in [0.15, 0.2) is 0 Å². The average molecular weight is 368 g/mol. The number of carbonyl (C=O) groups excluding carboxylic acids is 1. The van der Waals surface area contributed by atoms with Crippen LogP contribution in [0.3, 0.4) is 0 Å². The molecule has 1 saturated heterocycles. The highest BCUT2D eigenvalue weighted by atomic mass is 16.5. The van der Waals surface area contributed by atoms with E-state index < -0.39 is 0 Å². The maximum Gasteiger partial charge on any atom is 0.316 e. The Hall–Kier alpha value is -2.37. The molecule has 0 spiro atoms. The quantitative estimate of drug-likeness (QED) is 0.882. The van der Waals surface area contributed by atoms with Crippen molar-refractivity contribution in [1.82, 2.24) is 15.5 Å². The van der Waals surface area contributed by atoms with E-state index in [4.69, 9.17) is 4.52 Å². The molecular formula is C21H28N4O2. The number of piperidine rings is 1. The third-order valence-electron chi connectivity index (χ3n) is 5.83. The van der Waals surface area contributed by atoms with Gasteiger partial charge in [-0.1, -0.05) is 31.3 Å². The van der Waals surface area contributed by atoms with Crippen molar-refractivity contribution in [3.63, 3.8) is 0 Å². The molecule has 1 aromatic carbocycles. The minimum atomic E-state index is -0.264. The lowest BCUT2D eigenvalue weighted by Crippen LogP contribution is -2.36. The summed E-state index contributed by atoms with van der Waals surface area (Å²) >= 11 is 0. The Morgan fingerprint density at radius 3 is 2.48 bits per heavy atom. The molecule has 0 radical (unpaired) electrons. The van der Waals surface area contributed by atoms with Crippen molar-refractivity contribution >= 4 is 11.6 Å². The second kappa shape index (κ2) is 8.11. The fourth-order valence-corrected chi connectivity index (χ4v) is 4.02. The number of carbonyl (C=O) groups is 1. The van der Waals surface area contributed by atoms with Crippen LogP contribution in [0.4, 0.5) is 5.69 Å². The molecule has 1 aliphatic heterocycles. The largest absolute Gasteiger partial charge is 0.372 e. The van der Waals surface area contributed by atoms with E-state index in [1.54, 1.807) is 0 Å². The van der Waals surface area contributed by atoms with Gasteiger partial charge in [-0.25, -0.2) is 0 Å². The van der Waals surface area contributed by atoms with Crippen LogP contribution in [-0.4, -0.2) is 35.2 Å². The highest BCUT2D eigenvalue weighted by Crippen LogP contribution is 2.25. The summed E-state index contributed by atoms with van der Waals surface area (Å²) < 4.78 is 5.20. The first-order chi connectivity index (χ1) is 13.2. The molecule has 1 aromatic heterocycles. The van der Waals surface area contributed by atoms with Gasteiger partial charge in [-0.05, 0) is 55.9 Å². The van der Waals surface area contributed by atoms with Crippen LogP contribution in [-0.2, 0) is 0 Å². The van der Waals surface area contributed by atoms with E-state index >= 15 is 0 Å². The van der Waals surface area contributed by atoms with E-state index in [1.165, 1.54) is 37.8 Å². The minimum absolute atomic E-state index is 0.0460. The van der Waals surface area contributed by atoms with Crippen LogP contribution in [0.15, 0.2) is 28.8 Å².